The lowest BCUT2D eigenvalue weighted by Gasteiger charge is -2.28. The number of amides is 1. The summed E-state index contributed by atoms with van der Waals surface area (Å²) in [5, 5.41) is 0. The third-order valence-corrected chi connectivity index (χ3v) is 3.98. The van der Waals surface area contributed by atoms with Crippen LogP contribution in [0.25, 0.3) is 0 Å². The second kappa shape index (κ2) is 4.69. The summed E-state index contributed by atoms with van der Waals surface area (Å²) in [4.78, 5) is 13.5. The van der Waals surface area contributed by atoms with Crippen molar-refractivity contribution in [3.05, 3.63) is 35.1 Å². The predicted octanol–water partition coefficient (Wildman–Crippen LogP) is 2.61. The van der Waals surface area contributed by atoms with E-state index in [0.717, 1.165) is 25.0 Å². The van der Waals surface area contributed by atoms with Crippen molar-refractivity contribution in [3.8, 4) is 0 Å². The molecule has 2 atom stereocenters. The molecule has 114 valence electrons. The normalized spacial score (nSPS) is 26.5. The SMILES string of the molecule is NC1CC(=O)N(C2CC2)C1c1ccc(F)c(C(F)(F)F)c1. The fourth-order valence-electron chi connectivity index (χ4n) is 2.92. The Bertz CT molecular complexity index is 583. The number of hydrogen-bond acceptors (Lipinski definition) is 2. The smallest absolute Gasteiger partial charge is 0.331 e. The van der Waals surface area contributed by atoms with Gasteiger partial charge in [-0.3, -0.25) is 4.79 Å². The molecule has 2 fully saturated rings. The van der Waals surface area contributed by atoms with E-state index >= 15 is 0 Å². The minimum Gasteiger partial charge on any atom is -0.331 e. The van der Waals surface area contributed by atoms with Crippen LogP contribution in [0.15, 0.2) is 18.2 Å². The van der Waals surface area contributed by atoms with Gasteiger partial charge in [-0.25, -0.2) is 4.39 Å². The molecular formula is C14H14F4N2O. The lowest BCUT2D eigenvalue weighted by atomic mass is 9.98. The fraction of sp³-hybridized carbons (Fsp3) is 0.500. The van der Waals surface area contributed by atoms with Gasteiger partial charge in [0.25, 0.3) is 0 Å². The maximum Gasteiger partial charge on any atom is 0.419 e. The standard InChI is InChI=1S/C14H14F4N2O/c15-10-4-1-7(5-9(10)14(16,17)18)13-11(19)6-12(21)20(13)8-2-3-8/h1,4-5,8,11,13H,2-3,6,19H2. The molecule has 1 aliphatic carbocycles. The Morgan fingerprint density at radius 3 is 2.48 bits per heavy atom. The van der Waals surface area contributed by atoms with E-state index in [1.165, 1.54) is 6.07 Å². The largest absolute Gasteiger partial charge is 0.419 e. The lowest BCUT2D eigenvalue weighted by Crippen LogP contribution is -2.34. The molecule has 1 heterocycles. The van der Waals surface area contributed by atoms with Crippen molar-refractivity contribution < 1.29 is 22.4 Å². The van der Waals surface area contributed by atoms with Crippen molar-refractivity contribution in [3.63, 3.8) is 0 Å². The van der Waals surface area contributed by atoms with Crippen LogP contribution in [-0.2, 0) is 11.0 Å². The van der Waals surface area contributed by atoms with E-state index in [2.05, 4.69) is 0 Å². The molecule has 1 aromatic carbocycles. The summed E-state index contributed by atoms with van der Waals surface area (Å²) in [6, 6.07) is 1.72. The van der Waals surface area contributed by atoms with Gasteiger partial charge in [0.05, 0.1) is 11.6 Å². The molecule has 1 saturated carbocycles. The average molecular weight is 302 g/mol. The number of hydrogen-bond donors (Lipinski definition) is 1. The summed E-state index contributed by atoms with van der Waals surface area (Å²) in [6.45, 7) is 0. The van der Waals surface area contributed by atoms with Crippen LogP contribution >= 0.6 is 0 Å². The van der Waals surface area contributed by atoms with Crippen molar-refractivity contribution >= 4 is 5.91 Å². The van der Waals surface area contributed by atoms with Gasteiger partial charge >= 0.3 is 6.18 Å². The van der Waals surface area contributed by atoms with E-state index in [1.807, 2.05) is 0 Å². The first kappa shape index (κ1) is 14.3. The highest BCUT2D eigenvalue weighted by atomic mass is 19.4. The average Bonchev–Trinajstić information content (AvgIpc) is 3.15. The minimum absolute atomic E-state index is 0.0513. The highest BCUT2D eigenvalue weighted by molar-refractivity contribution is 5.81. The van der Waals surface area contributed by atoms with Gasteiger partial charge in [0.15, 0.2) is 0 Å². The number of likely N-dealkylation sites (tertiary alicyclic amines) is 1. The summed E-state index contributed by atoms with van der Waals surface area (Å²) < 4.78 is 51.8. The zero-order valence-electron chi connectivity index (χ0n) is 11.0. The quantitative estimate of drug-likeness (QED) is 0.854. The molecule has 0 aromatic heterocycles. The first-order valence-electron chi connectivity index (χ1n) is 6.72. The highest BCUT2D eigenvalue weighted by Crippen LogP contribution is 2.42. The Labute approximate surface area is 118 Å². The summed E-state index contributed by atoms with van der Waals surface area (Å²) in [7, 11) is 0. The number of halogens is 4. The third kappa shape index (κ3) is 2.50. The number of rotatable bonds is 2. The number of alkyl halides is 3. The molecule has 3 nitrogen and oxygen atoms in total. The molecule has 1 saturated heterocycles. The zero-order chi connectivity index (χ0) is 15.4. The summed E-state index contributed by atoms with van der Waals surface area (Å²) >= 11 is 0. The second-order valence-electron chi connectivity index (χ2n) is 5.58. The summed E-state index contributed by atoms with van der Waals surface area (Å²) in [6.07, 6.45) is -2.98. The zero-order valence-corrected chi connectivity index (χ0v) is 11.0. The van der Waals surface area contributed by atoms with Crippen molar-refractivity contribution in [1.29, 1.82) is 0 Å². The maximum atomic E-state index is 13.4. The molecule has 1 amide bonds. The van der Waals surface area contributed by atoms with Crippen LogP contribution in [0.5, 0.6) is 0 Å². The Balaban J connectivity index is 2.01. The van der Waals surface area contributed by atoms with E-state index in [0.29, 0.717) is 0 Å². The molecule has 1 aromatic rings. The van der Waals surface area contributed by atoms with Crippen LogP contribution in [0.1, 0.15) is 36.4 Å². The maximum absolute atomic E-state index is 13.4. The Kier molecular flexibility index (Phi) is 3.20. The van der Waals surface area contributed by atoms with Crippen LogP contribution in [0.3, 0.4) is 0 Å². The molecular weight excluding hydrogens is 288 g/mol. The molecule has 0 bridgehead atoms. The van der Waals surface area contributed by atoms with Crippen molar-refractivity contribution in [2.24, 2.45) is 5.73 Å². The first-order valence-corrected chi connectivity index (χ1v) is 6.72. The molecule has 2 N–H and O–H groups in total. The lowest BCUT2D eigenvalue weighted by molar-refractivity contribution is -0.140. The minimum atomic E-state index is -4.77. The van der Waals surface area contributed by atoms with E-state index in [4.69, 9.17) is 5.73 Å². The van der Waals surface area contributed by atoms with Crippen molar-refractivity contribution in [2.75, 3.05) is 0 Å². The second-order valence-corrected chi connectivity index (χ2v) is 5.58. The molecule has 7 heteroatoms. The van der Waals surface area contributed by atoms with Gasteiger partial charge in [-0.05, 0) is 30.5 Å². The molecule has 3 rings (SSSR count). The van der Waals surface area contributed by atoms with Gasteiger partial charge in [0, 0.05) is 18.5 Å². The van der Waals surface area contributed by atoms with Gasteiger partial charge in [-0.1, -0.05) is 6.07 Å². The Hall–Kier alpha value is -1.63. The van der Waals surface area contributed by atoms with Gasteiger partial charge in [0.1, 0.15) is 5.82 Å². The Morgan fingerprint density at radius 1 is 1.24 bits per heavy atom. The number of benzene rings is 1. The molecule has 0 radical (unpaired) electrons. The molecule has 0 spiro atoms. The Morgan fingerprint density at radius 2 is 1.90 bits per heavy atom. The van der Waals surface area contributed by atoms with E-state index in [1.54, 1.807) is 4.90 Å². The monoisotopic (exact) mass is 302 g/mol. The van der Waals surface area contributed by atoms with Gasteiger partial charge < -0.3 is 10.6 Å². The van der Waals surface area contributed by atoms with Gasteiger partial charge in [-0.15, -0.1) is 0 Å². The van der Waals surface area contributed by atoms with Crippen LogP contribution in [0.4, 0.5) is 17.6 Å². The highest BCUT2D eigenvalue weighted by Gasteiger charge is 2.46. The topological polar surface area (TPSA) is 46.3 Å². The number of nitrogens with zero attached hydrogens (tertiary/aromatic N) is 1. The van der Waals surface area contributed by atoms with Crippen LogP contribution in [-0.4, -0.2) is 22.9 Å². The van der Waals surface area contributed by atoms with Gasteiger partial charge in [0.2, 0.25) is 5.91 Å². The third-order valence-electron chi connectivity index (χ3n) is 3.98. The number of nitrogens with two attached hydrogens (primary N) is 1. The number of carbonyl (C=O) groups is 1. The van der Waals surface area contributed by atoms with E-state index in [9.17, 15) is 22.4 Å². The molecule has 2 unspecified atom stereocenters. The predicted molar refractivity (Wildman–Crippen MR) is 66.6 cm³/mol. The van der Waals surface area contributed by atoms with Crippen LogP contribution < -0.4 is 5.73 Å². The van der Waals surface area contributed by atoms with Crippen LogP contribution in [0, 0.1) is 5.82 Å². The molecule has 21 heavy (non-hydrogen) atoms. The fourth-order valence-corrected chi connectivity index (χ4v) is 2.92. The first-order chi connectivity index (χ1) is 9.79. The van der Waals surface area contributed by atoms with Crippen molar-refractivity contribution in [2.45, 2.75) is 43.6 Å². The molecule has 2 aliphatic rings. The van der Waals surface area contributed by atoms with Crippen LogP contribution in [0.2, 0.25) is 0 Å². The summed E-state index contributed by atoms with van der Waals surface area (Å²) in [5.74, 6) is -1.46. The number of carbonyl (C=O) groups excluding carboxylic acids is 1. The summed E-state index contributed by atoms with van der Waals surface area (Å²) in [5.41, 5.74) is 4.84. The van der Waals surface area contributed by atoms with E-state index < -0.39 is 29.6 Å². The van der Waals surface area contributed by atoms with E-state index in [-0.39, 0.29) is 23.9 Å². The molecule has 1 aliphatic heterocycles. The van der Waals surface area contributed by atoms with Crippen molar-refractivity contribution in [1.82, 2.24) is 4.90 Å². The van der Waals surface area contributed by atoms with Gasteiger partial charge in [-0.2, -0.15) is 13.2 Å².